The molecule has 0 aliphatic rings. The van der Waals surface area contributed by atoms with Gasteiger partial charge in [0.15, 0.2) is 0 Å². The summed E-state index contributed by atoms with van der Waals surface area (Å²) in [6, 6.07) is 19.7. The van der Waals surface area contributed by atoms with E-state index >= 15 is 0 Å². The third kappa shape index (κ3) is 6.09. The normalized spacial score (nSPS) is 12.0. The highest BCUT2D eigenvalue weighted by Crippen LogP contribution is 2.41. The monoisotopic (exact) mass is 546 g/mol. The Morgan fingerprint density at radius 3 is 2.31 bits per heavy atom. The fraction of sp³-hybridized carbons (Fsp3) is 0.0556. The molecule has 6 nitrogen and oxygen atoms in total. The van der Waals surface area contributed by atoms with Crippen LogP contribution in [0.15, 0.2) is 116 Å². The maximum atomic E-state index is 9.26. The van der Waals surface area contributed by atoms with Gasteiger partial charge in [-0.3, -0.25) is 9.97 Å². The first kappa shape index (κ1) is 29.0. The number of aromatic nitrogens is 2. The number of pyridine rings is 2. The second-order valence-corrected chi connectivity index (χ2v) is 9.24. The summed E-state index contributed by atoms with van der Waals surface area (Å²) in [6.45, 7) is 8.28. The van der Waals surface area contributed by atoms with Crippen LogP contribution in [-0.2, 0) is 0 Å². The molecule has 204 valence electrons. The van der Waals surface area contributed by atoms with Crippen molar-refractivity contribution in [1.29, 1.82) is 10.5 Å². The lowest BCUT2D eigenvalue weighted by molar-refractivity contribution is 1.05. The van der Waals surface area contributed by atoms with Gasteiger partial charge in [0.05, 0.1) is 29.1 Å². The molecule has 2 aromatic heterocycles. The molecule has 42 heavy (non-hydrogen) atoms. The Hall–Kier alpha value is -5.98. The van der Waals surface area contributed by atoms with E-state index in [0.29, 0.717) is 28.9 Å². The number of hydrogen-bond acceptors (Lipinski definition) is 6. The van der Waals surface area contributed by atoms with Gasteiger partial charge in [0.1, 0.15) is 0 Å². The summed E-state index contributed by atoms with van der Waals surface area (Å²) >= 11 is 0. The largest absolute Gasteiger partial charge is 0.405 e. The van der Waals surface area contributed by atoms with E-state index < -0.39 is 0 Å². The van der Waals surface area contributed by atoms with Crippen molar-refractivity contribution in [3.05, 3.63) is 139 Å². The molecule has 0 saturated heterocycles. The first-order valence-corrected chi connectivity index (χ1v) is 13.3. The predicted octanol–water partition coefficient (Wildman–Crippen LogP) is 7.68. The first-order valence-electron chi connectivity index (χ1n) is 13.3. The van der Waals surface area contributed by atoms with Crippen LogP contribution in [0.1, 0.15) is 35.1 Å². The van der Waals surface area contributed by atoms with Crippen molar-refractivity contribution in [2.45, 2.75) is 12.8 Å². The highest BCUT2D eigenvalue weighted by Gasteiger charge is 2.19. The van der Waals surface area contributed by atoms with Crippen LogP contribution in [0.2, 0.25) is 0 Å². The fourth-order valence-corrected chi connectivity index (χ4v) is 4.88. The Bertz CT molecular complexity index is 1840. The number of benzene rings is 2. The third-order valence-corrected chi connectivity index (χ3v) is 6.77. The maximum Gasteiger partial charge on any atom is 0.0992 e. The van der Waals surface area contributed by atoms with Crippen molar-refractivity contribution in [3.8, 4) is 34.7 Å². The number of hydrogen-bond donors (Lipinski definition) is 2. The molecular formula is C36H30N6. The van der Waals surface area contributed by atoms with Crippen LogP contribution in [0, 0.1) is 22.7 Å². The summed E-state index contributed by atoms with van der Waals surface area (Å²) in [5, 5.41) is 20.5. The third-order valence-electron chi connectivity index (χ3n) is 6.77. The summed E-state index contributed by atoms with van der Waals surface area (Å²) in [5.74, 6) is 0. The molecule has 0 unspecified atom stereocenters. The second kappa shape index (κ2) is 13.9. The summed E-state index contributed by atoms with van der Waals surface area (Å²) in [6.07, 6.45) is 18.9. The Morgan fingerprint density at radius 1 is 0.881 bits per heavy atom. The Morgan fingerprint density at radius 2 is 1.67 bits per heavy atom. The lowest BCUT2D eigenvalue weighted by Crippen LogP contribution is -2.00. The van der Waals surface area contributed by atoms with E-state index in [0.717, 1.165) is 50.6 Å². The van der Waals surface area contributed by atoms with Crippen LogP contribution in [0.3, 0.4) is 0 Å². The smallest absolute Gasteiger partial charge is 0.0992 e. The Balaban J connectivity index is 1.80. The topological polar surface area (TPSA) is 125 Å². The number of allylic oxidation sites excluding steroid dienone is 6. The lowest BCUT2D eigenvalue weighted by atomic mass is 9.83. The van der Waals surface area contributed by atoms with Crippen molar-refractivity contribution in [3.63, 3.8) is 0 Å². The number of nitriles is 2. The summed E-state index contributed by atoms with van der Waals surface area (Å²) < 4.78 is 0. The minimum Gasteiger partial charge on any atom is -0.405 e. The van der Waals surface area contributed by atoms with Crippen molar-refractivity contribution < 1.29 is 0 Å². The lowest BCUT2D eigenvalue weighted by Gasteiger charge is -2.20. The number of fused-ring (bicyclic) bond motifs is 1. The zero-order valence-corrected chi connectivity index (χ0v) is 23.2. The number of unbranched alkanes of at least 4 members (excludes halogenated alkanes) is 1. The number of nitrogens with two attached hydrogens (primary N) is 2. The van der Waals surface area contributed by atoms with E-state index in [1.54, 1.807) is 30.6 Å². The average Bonchev–Trinajstić information content (AvgIpc) is 3.05. The van der Waals surface area contributed by atoms with Crippen molar-refractivity contribution in [2.24, 2.45) is 11.5 Å². The Labute approximate surface area is 246 Å². The molecule has 0 saturated carbocycles. The quantitative estimate of drug-likeness (QED) is 0.119. The van der Waals surface area contributed by atoms with Gasteiger partial charge in [-0.25, -0.2) is 0 Å². The van der Waals surface area contributed by atoms with E-state index in [1.807, 2.05) is 60.8 Å². The molecule has 6 heteroatoms. The molecule has 4 aromatic rings. The molecule has 0 aliphatic heterocycles. The number of nitrogens with zero attached hydrogens (tertiary/aromatic N) is 4. The maximum absolute atomic E-state index is 9.26. The van der Waals surface area contributed by atoms with Crippen molar-refractivity contribution in [2.75, 3.05) is 0 Å². The molecule has 2 aromatic carbocycles. The van der Waals surface area contributed by atoms with Gasteiger partial charge in [-0.15, -0.1) is 0 Å². The second-order valence-electron chi connectivity index (χ2n) is 9.24. The number of rotatable bonds is 10. The van der Waals surface area contributed by atoms with Gasteiger partial charge >= 0.3 is 0 Å². The van der Waals surface area contributed by atoms with Crippen molar-refractivity contribution >= 4 is 28.5 Å². The standard InChI is InChI=1S/C36H30N6/c1-3-29-30(4-2)36(28-14-15-33(42-24-28)34-20-26(22-39)17-19-41-34)32-13-9-8-12-31(32)35(29)27(23-40)11-7-5-6-10-25(21-38)16-18-37/h3-4,7-20,23-24H,1-2,5-6,37,40H2/b11-7-,18-16-,25-10+,27-23+. The van der Waals surface area contributed by atoms with Crippen LogP contribution in [-0.4, -0.2) is 9.97 Å². The van der Waals surface area contributed by atoms with E-state index in [1.165, 1.54) is 6.20 Å². The predicted molar refractivity (Wildman–Crippen MR) is 173 cm³/mol. The molecule has 2 heterocycles. The van der Waals surface area contributed by atoms with Crippen molar-refractivity contribution in [1.82, 2.24) is 9.97 Å². The summed E-state index contributed by atoms with van der Waals surface area (Å²) in [4.78, 5) is 9.07. The first-order chi connectivity index (χ1) is 20.6. The molecule has 0 atom stereocenters. The van der Waals surface area contributed by atoms with Crippen LogP contribution >= 0.6 is 0 Å². The van der Waals surface area contributed by atoms with Gasteiger partial charge in [-0.05, 0) is 81.9 Å². The van der Waals surface area contributed by atoms with E-state index in [2.05, 4.69) is 47.4 Å². The molecular weight excluding hydrogens is 516 g/mol. The molecule has 0 spiro atoms. The highest BCUT2D eigenvalue weighted by molar-refractivity contribution is 6.10. The molecule has 0 radical (unpaired) electrons. The summed E-state index contributed by atoms with van der Waals surface area (Å²) in [5.41, 5.74) is 19.5. The van der Waals surface area contributed by atoms with E-state index in [9.17, 15) is 10.5 Å². The van der Waals surface area contributed by atoms with Gasteiger partial charge < -0.3 is 11.5 Å². The minimum absolute atomic E-state index is 0.529. The minimum atomic E-state index is 0.529. The summed E-state index contributed by atoms with van der Waals surface area (Å²) in [7, 11) is 0. The SMILES string of the molecule is C=Cc1c(C=C)c(-c2ccc(-c3cc(C#N)ccn3)nc2)c2ccccc2c1C(/C=C\CC/C=C(C#N)\C=C/N)=C/N. The molecule has 0 bridgehead atoms. The van der Waals surface area contributed by atoms with Crippen LogP contribution < -0.4 is 11.5 Å². The Kier molecular flexibility index (Phi) is 9.59. The van der Waals surface area contributed by atoms with Crippen LogP contribution in [0.25, 0.3) is 51.0 Å². The van der Waals surface area contributed by atoms with E-state index in [4.69, 9.17) is 11.5 Å². The molecule has 0 aliphatic carbocycles. The van der Waals surface area contributed by atoms with Crippen LogP contribution in [0.5, 0.6) is 0 Å². The molecule has 0 fully saturated rings. The van der Waals surface area contributed by atoms with E-state index in [-0.39, 0.29) is 0 Å². The van der Waals surface area contributed by atoms with Crippen LogP contribution in [0.4, 0.5) is 0 Å². The van der Waals surface area contributed by atoms with Gasteiger partial charge in [0.2, 0.25) is 0 Å². The highest BCUT2D eigenvalue weighted by atomic mass is 14.8. The van der Waals surface area contributed by atoms with Gasteiger partial charge in [0, 0.05) is 29.7 Å². The zero-order chi connectivity index (χ0) is 29.9. The molecule has 0 amide bonds. The average molecular weight is 547 g/mol. The van der Waals surface area contributed by atoms with Gasteiger partial charge in [-0.1, -0.05) is 73.9 Å². The molecule has 4 rings (SSSR count). The fourth-order valence-electron chi connectivity index (χ4n) is 4.88. The zero-order valence-electron chi connectivity index (χ0n) is 23.2. The van der Waals surface area contributed by atoms with Gasteiger partial charge in [-0.2, -0.15) is 10.5 Å². The molecule has 4 N–H and O–H groups in total. The van der Waals surface area contributed by atoms with Gasteiger partial charge in [0.25, 0.3) is 0 Å².